The summed E-state index contributed by atoms with van der Waals surface area (Å²) < 4.78 is 17.4. The van der Waals surface area contributed by atoms with Crippen molar-refractivity contribution in [3.05, 3.63) is 23.8 Å². The van der Waals surface area contributed by atoms with Crippen molar-refractivity contribution in [2.75, 3.05) is 20.8 Å². The van der Waals surface area contributed by atoms with Gasteiger partial charge in [-0.2, -0.15) is 0 Å². The molecule has 4 atom stereocenters. The van der Waals surface area contributed by atoms with Crippen molar-refractivity contribution in [2.45, 2.75) is 76.9 Å². The third kappa shape index (κ3) is 4.66. The predicted octanol–water partition coefficient (Wildman–Crippen LogP) is 4.22. The van der Waals surface area contributed by atoms with Gasteiger partial charge in [0.05, 0.1) is 26.9 Å². The van der Waals surface area contributed by atoms with E-state index in [0.29, 0.717) is 37.5 Å². The van der Waals surface area contributed by atoms with E-state index in [9.17, 15) is 9.90 Å². The summed E-state index contributed by atoms with van der Waals surface area (Å²) in [6.45, 7) is 13.7. The topological polar surface area (TPSA) is 68.2 Å². The largest absolute Gasteiger partial charge is 0.497 e. The van der Waals surface area contributed by atoms with E-state index >= 15 is 0 Å². The Morgan fingerprint density at radius 2 is 1.94 bits per heavy atom. The zero-order valence-corrected chi connectivity index (χ0v) is 22.3. The van der Waals surface area contributed by atoms with E-state index in [0.717, 1.165) is 5.56 Å². The third-order valence-electron chi connectivity index (χ3n) is 7.93. The highest BCUT2D eigenvalue weighted by molar-refractivity contribution is 6.74. The number of benzene rings is 1. The molecule has 0 aromatic heterocycles. The molecule has 0 spiro atoms. The van der Waals surface area contributed by atoms with Crippen LogP contribution in [0, 0.1) is 23.7 Å². The van der Waals surface area contributed by atoms with Crippen LogP contribution in [0.3, 0.4) is 0 Å². The number of amides is 1. The van der Waals surface area contributed by atoms with Crippen LogP contribution in [0.2, 0.25) is 18.1 Å². The Bertz CT molecular complexity index is 944. The minimum absolute atomic E-state index is 0.0600. The van der Waals surface area contributed by atoms with Crippen LogP contribution in [-0.2, 0) is 15.8 Å². The van der Waals surface area contributed by atoms with Crippen LogP contribution in [0.1, 0.15) is 46.1 Å². The van der Waals surface area contributed by atoms with Gasteiger partial charge in [0.2, 0.25) is 5.91 Å². The molecular weight excluding hydrogens is 434 g/mol. The van der Waals surface area contributed by atoms with E-state index in [1.54, 1.807) is 21.1 Å². The molecule has 2 fully saturated rings. The smallest absolute Gasteiger partial charge is 0.224 e. The molecule has 1 aliphatic heterocycles. The van der Waals surface area contributed by atoms with E-state index in [4.69, 9.17) is 13.9 Å². The fraction of sp³-hybridized carbons (Fsp3) is 0.654. The maximum Gasteiger partial charge on any atom is 0.224 e. The lowest BCUT2D eigenvalue weighted by Crippen LogP contribution is -2.46. The van der Waals surface area contributed by atoms with Crippen molar-refractivity contribution in [1.82, 2.24) is 4.90 Å². The molecule has 6 nitrogen and oxygen atoms in total. The molecule has 0 radical (unpaired) electrons. The van der Waals surface area contributed by atoms with Gasteiger partial charge >= 0.3 is 0 Å². The van der Waals surface area contributed by atoms with Gasteiger partial charge in [-0.25, -0.2) is 0 Å². The number of aliphatic hydroxyl groups excluding tert-OH is 1. The fourth-order valence-electron chi connectivity index (χ4n) is 4.95. The zero-order chi connectivity index (χ0) is 24.6. The summed E-state index contributed by atoms with van der Waals surface area (Å²) in [6.07, 6.45) is 0.248. The summed E-state index contributed by atoms with van der Waals surface area (Å²) in [7, 11) is 1.25. The van der Waals surface area contributed by atoms with Crippen molar-refractivity contribution < 1.29 is 23.8 Å². The number of carbonyl (C=O) groups excluding carboxylic acids is 1. The second-order valence-corrected chi connectivity index (χ2v) is 15.6. The minimum atomic E-state index is -1.98. The van der Waals surface area contributed by atoms with E-state index in [-0.39, 0.29) is 22.8 Å². The first-order valence-corrected chi connectivity index (χ1v) is 14.6. The number of likely N-dealkylation sites (tertiary alicyclic amines) is 1. The van der Waals surface area contributed by atoms with Crippen LogP contribution < -0.4 is 9.47 Å². The van der Waals surface area contributed by atoms with Crippen molar-refractivity contribution >= 4 is 14.2 Å². The van der Waals surface area contributed by atoms with Crippen LogP contribution >= 0.6 is 0 Å². The van der Waals surface area contributed by atoms with Gasteiger partial charge < -0.3 is 23.9 Å². The van der Waals surface area contributed by atoms with Gasteiger partial charge in [-0.1, -0.05) is 26.7 Å². The Morgan fingerprint density at radius 1 is 1.24 bits per heavy atom. The number of hydrogen-bond donors (Lipinski definition) is 1. The lowest BCUT2D eigenvalue weighted by atomic mass is 9.84. The average molecular weight is 474 g/mol. The lowest BCUT2D eigenvalue weighted by Gasteiger charge is -2.38. The molecule has 0 bridgehead atoms. The summed E-state index contributed by atoms with van der Waals surface area (Å²) in [4.78, 5) is 15.1. The highest BCUT2D eigenvalue weighted by Crippen LogP contribution is 2.52. The standard InChI is InChI=1S/C26H39NO5Si/c1-9-12-26-15-22(28)20(17-32-33(7,8)25(2,3)4)21(26)14-24(29)27(26)16-18-10-11-19(30-5)13-23(18)31-6/h10-11,13,20-22,28H,14-17H2,1-8H3. The average Bonchev–Trinajstić information content (AvgIpc) is 3.14. The van der Waals surface area contributed by atoms with Crippen LogP contribution in [-0.4, -0.2) is 56.7 Å². The van der Waals surface area contributed by atoms with E-state index in [1.165, 1.54) is 0 Å². The summed E-state index contributed by atoms with van der Waals surface area (Å²) in [6, 6.07) is 5.62. The second-order valence-electron chi connectivity index (χ2n) is 10.8. The molecule has 1 aliphatic carbocycles. The van der Waals surface area contributed by atoms with Gasteiger partial charge in [-0.05, 0) is 37.2 Å². The molecule has 3 rings (SSSR count). The number of rotatable bonds is 7. The van der Waals surface area contributed by atoms with E-state index < -0.39 is 20.0 Å². The molecule has 182 valence electrons. The third-order valence-corrected chi connectivity index (χ3v) is 12.4. The summed E-state index contributed by atoms with van der Waals surface area (Å²) in [5.41, 5.74) is 0.192. The van der Waals surface area contributed by atoms with Crippen LogP contribution in [0.5, 0.6) is 11.5 Å². The van der Waals surface area contributed by atoms with Crippen LogP contribution in [0.15, 0.2) is 18.2 Å². The Labute approximate surface area is 199 Å². The fourth-order valence-corrected chi connectivity index (χ4v) is 6.00. The van der Waals surface area contributed by atoms with Crippen molar-refractivity contribution in [2.24, 2.45) is 11.8 Å². The molecule has 1 amide bonds. The number of hydrogen-bond acceptors (Lipinski definition) is 5. The highest BCUT2D eigenvalue weighted by Gasteiger charge is 2.62. The second kappa shape index (κ2) is 9.32. The van der Waals surface area contributed by atoms with Gasteiger partial charge in [0, 0.05) is 42.9 Å². The van der Waals surface area contributed by atoms with Gasteiger partial charge in [-0.3, -0.25) is 4.79 Å². The Kier molecular flexibility index (Phi) is 7.23. The van der Waals surface area contributed by atoms with Crippen molar-refractivity contribution in [3.63, 3.8) is 0 Å². The Balaban J connectivity index is 1.90. The van der Waals surface area contributed by atoms with Crippen LogP contribution in [0.25, 0.3) is 0 Å². The normalized spacial score (nSPS) is 27.2. The number of fused-ring (bicyclic) bond motifs is 1. The highest BCUT2D eigenvalue weighted by atomic mass is 28.4. The van der Waals surface area contributed by atoms with Gasteiger partial charge in [-0.15, -0.1) is 5.92 Å². The summed E-state index contributed by atoms with van der Waals surface area (Å²) >= 11 is 0. The molecule has 33 heavy (non-hydrogen) atoms. The number of methoxy groups -OCH3 is 2. The van der Waals surface area contributed by atoms with Crippen LogP contribution in [0.4, 0.5) is 0 Å². The zero-order valence-electron chi connectivity index (χ0n) is 21.3. The minimum Gasteiger partial charge on any atom is -0.497 e. The molecule has 1 saturated heterocycles. The number of ether oxygens (including phenoxy) is 2. The molecule has 1 saturated carbocycles. The van der Waals surface area contributed by atoms with Gasteiger partial charge in [0.1, 0.15) is 17.0 Å². The molecule has 1 N–H and O–H groups in total. The quantitative estimate of drug-likeness (QED) is 0.474. The summed E-state index contributed by atoms with van der Waals surface area (Å²) in [5.74, 6) is 7.65. The van der Waals surface area contributed by atoms with E-state index in [2.05, 4.69) is 45.7 Å². The number of aliphatic hydroxyl groups is 1. The van der Waals surface area contributed by atoms with Gasteiger partial charge in [0.15, 0.2) is 8.32 Å². The molecule has 1 heterocycles. The maximum absolute atomic E-state index is 13.3. The first-order valence-electron chi connectivity index (χ1n) is 11.7. The maximum atomic E-state index is 13.3. The number of nitrogens with zero attached hydrogens (tertiary/aromatic N) is 1. The Hall–Kier alpha value is -2.01. The molecule has 2 aliphatic rings. The van der Waals surface area contributed by atoms with Crippen molar-refractivity contribution in [3.8, 4) is 23.3 Å². The first kappa shape index (κ1) is 25.6. The number of carbonyl (C=O) groups is 1. The molecule has 4 unspecified atom stereocenters. The van der Waals surface area contributed by atoms with E-state index in [1.807, 2.05) is 23.1 Å². The first-order chi connectivity index (χ1) is 15.4. The van der Waals surface area contributed by atoms with Gasteiger partial charge in [0.25, 0.3) is 0 Å². The molecule has 7 heteroatoms. The molecule has 1 aromatic carbocycles. The SMILES string of the molecule is CC#CC12CC(O)C(CO[Si](C)(C)C(C)(C)C)C1CC(=O)N2Cc1ccc(OC)cc1OC. The Morgan fingerprint density at radius 3 is 2.52 bits per heavy atom. The predicted molar refractivity (Wildman–Crippen MR) is 132 cm³/mol. The molecular formula is C26H39NO5Si. The lowest BCUT2D eigenvalue weighted by molar-refractivity contribution is -0.131. The summed E-state index contributed by atoms with van der Waals surface area (Å²) in [5, 5.41) is 11.2. The monoisotopic (exact) mass is 473 g/mol. The molecule has 1 aromatic rings. The van der Waals surface area contributed by atoms with Crippen molar-refractivity contribution in [1.29, 1.82) is 0 Å².